The second-order valence-electron chi connectivity index (χ2n) is 30.2. The lowest BCUT2D eigenvalue weighted by atomic mass is 9.46. The molecule has 9 fully saturated rings. The van der Waals surface area contributed by atoms with Crippen LogP contribution in [0.4, 0.5) is 0 Å². The maximum absolute atomic E-state index is 14.2. The van der Waals surface area contributed by atoms with Crippen LogP contribution < -0.4 is 0 Å². The monoisotopic (exact) mass is 1140 g/mol. The molecule has 0 amide bonds. The minimum atomic E-state index is -3.64. The van der Waals surface area contributed by atoms with E-state index in [2.05, 4.69) is 53.7 Å². The summed E-state index contributed by atoms with van der Waals surface area (Å²) in [5.74, 6) is 5.15. The van der Waals surface area contributed by atoms with Crippen molar-refractivity contribution >= 4 is 19.7 Å². The molecule has 6 saturated carbocycles. The molecule has 3 saturated heterocycles. The second kappa shape index (κ2) is 21.5. The molecule has 2 aromatic carbocycles. The molecule has 80 heavy (non-hydrogen) atoms. The Kier molecular flexibility index (Phi) is 16.0. The molecule has 8 aliphatic carbocycles. The van der Waals surface area contributed by atoms with E-state index in [0.29, 0.717) is 70.2 Å². The summed E-state index contributed by atoms with van der Waals surface area (Å²) in [6.07, 6.45) is 24.1. The molecule has 3 N–H and O–H groups in total. The number of benzene rings is 2. The Morgan fingerprint density at radius 1 is 0.550 bits per heavy atom. The van der Waals surface area contributed by atoms with Gasteiger partial charge in [0.1, 0.15) is 5.60 Å². The summed E-state index contributed by atoms with van der Waals surface area (Å²) >= 11 is 0. The smallest absolute Gasteiger partial charge is 0.181 e. The Morgan fingerprint density at radius 3 is 1.51 bits per heavy atom. The highest BCUT2D eigenvalue weighted by molar-refractivity contribution is 7.92. The first-order valence-corrected chi connectivity index (χ1v) is 34.8. The van der Waals surface area contributed by atoms with Crippen LogP contribution in [0.1, 0.15) is 177 Å². The first kappa shape index (κ1) is 59.3. The van der Waals surface area contributed by atoms with Crippen molar-refractivity contribution in [2.24, 2.45) is 80.8 Å². The molecule has 10 nitrogen and oxygen atoms in total. The van der Waals surface area contributed by atoms with Crippen molar-refractivity contribution in [2.75, 3.05) is 38.8 Å². The molecule has 3 unspecified atom stereocenters. The summed E-state index contributed by atoms with van der Waals surface area (Å²) in [7, 11) is -6.89. The van der Waals surface area contributed by atoms with Crippen molar-refractivity contribution < 1.29 is 46.4 Å². The van der Waals surface area contributed by atoms with Gasteiger partial charge in [0, 0.05) is 26.1 Å². The third-order valence-corrected chi connectivity index (χ3v) is 29.4. The number of aliphatic hydroxyl groups is 3. The highest BCUT2D eigenvalue weighted by Gasteiger charge is 2.63. The summed E-state index contributed by atoms with van der Waals surface area (Å²) in [6.45, 7) is 21.6. The van der Waals surface area contributed by atoms with Gasteiger partial charge in [-0.05, 0) is 228 Å². The molecular weight excluding hydrogens is 1040 g/mol. The zero-order chi connectivity index (χ0) is 56.9. The van der Waals surface area contributed by atoms with Crippen molar-refractivity contribution in [1.29, 1.82) is 0 Å². The van der Waals surface area contributed by atoms with E-state index in [9.17, 15) is 32.2 Å². The number of rotatable bonds is 10. The van der Waals surface area contributed by atoms with Crippen LogP contribution in [0.5, 0.6) is 0 Å². The van der Waals surface area contributed by atoms with Gasteiger partial charge in [0.2, 0.25) is 0 Å². The second-order valence-corrected chi connectivity index (χ2v) is 34.4. The van der Waals surface area contributed by atoms with Crippen LogP contribution in [0.3, 0.4) is 0 Å². The number of hydrogen-bond acceptors (Lipinski definition) is 10. The molecule has 3 heterocycles. The van der Waals surface area contributed by atoms with Crippen LogP contribution in [-0.4, -0.2) is 98.6 Å². The molecule has 2 aromatic rings. The van der Waals surface area contributed by atoms with E-state index >= 15 is 0 Å². The molecule has 1 spiro atoms. The Morgan fingerprint density at radius 2 is 1.04 bits per heavy atom. The van der Waals surface area contributed by atoms with Crippen LogP contribution in [0.2, 0.25) is 0 Å². The quantitative estimate of drug-likeness (QED) is 0.154. The summed E-state index contributed by atoms with van der Waals surface area (Å²) in [5, 5.41) is 32.2. The average molecular weight is 1140 g/mol. The van der Waals surface area contributed by atoms with Crippen molar-refractivity contribution in [3.63, 3.8) is 0 Å². The Labute approximate surface area is 481 Å². The van der Waals surface area contributed by atoms with E-state index < -0.39 is 41.7 Å². The van der Waals surface area contributed by atoms with E-state index in [-0.39, 0.29) is 57.9 Å². The lowest BCUT2D eigenvalue weighted by Gasteiger charge is -2.59. The van der Waals surface area contributed by atoms with Crippen molar-refractivity contribution in [1.82, 2.24) is 0 Å². The minimum absolute atomic E-state index is 0.0589. The maximum Gasteiger partial charge on any atom is 0.181 e. The van der Waals surface area contributed by atoms with Gasteiger partial charge in [0.05, 0.1) is 57.4 Å². The zero-order valence-electron chi connectivity index (χ0n) is 50.0. The largest absolute Gasteiger partial charge is 0.390 e. The first-order valence-electron chi connectivity index (χ1n) is 31.6. The number of epoxide rings is 1. The molecule has 19 atom stereocenters. The predicted molar refractivity (Wildman–Crippen MR) is 315 cm³/mol. The SMILES string of the molecule is C1CC2(CO1)CO2.C[C@H](C(CC1(O)CCOC1)S(=O)(=O)c1ccccc1)[C@H]1CC[C@H]2[C@@H]3CC=C4C[C@@](C)(O)CC[C@]4(C)[C@H]3CC[C@]12C.C[C@H](CS(=O)(=O)c1ccccc1)[C@H]1CC[C@H]2[C@@H]3CC=C4C[C@@](C)(O)CC[C@]4(C)[C@H]3CC[C@]12C. The van der Waals surface area contributed by atoms with E-state index in [1.165, 1.54) is 36.8 Å². The van der Waals surface area contributed by atoms with Gasteiger partial charge in [-0.15, -0.1) is 0 Å². The minimum Gasteiger partial charge on any atom is -0.390 e. The van der Waals surface area contributed by atoms with Gasteiger partial charge in [0.15, 0.2) is 19.7 Å². The molecule has 0 radical (unpaired) electrons. The van der Waals surface area contributed by atoms with Gasteiger partial charge in [-0.1, -0.05) is 101 Å². The fourth-order valence-electron chi connectivity index (χ4n) is 20.3. The number of sulfone groups is 2. The third-order valence-electron chi connectivity index (χ3n) is 25.2. The molecule has 13 rings (SSSR count). The third kappa shape index (κ3) is 10.9. The number of ether oxygens (including phenoxy) is 3. The van der Waals surface area contributed by atoms with Gasteiger partial charge in [0.25, 0.3) is 0 Å². The molecule has 11 aliphatic rings. The molecule has 12 heteroatoms. The fourth-order valence-corrected chi connectivity index (χ4v) is 24.2. The average Bonchev–Trinajstić information content (AvgIpc) is 3.88. The van der Waals surface area contributed by atoms with Crippen LogP contribution in [0.25, 0.3) is 0 Å². The van der Waals surface area contributed by atoms with E-state index in [4.69, 9.17) is 14.2 Å². The molecule has 0 aromatic heterocycles. The lowest BCUT2D eigenvalue weighted by Crippen LogP contribution is -2.53. The van der Waals surface area contributed by atoms with Crippen LogP contribution in [-0.2, 0) is 33.9 Å². The van der Waals surface area contributed by atoms with Crippen LogP contribution in [0, 0.1) is 80.8 Å². The summed E-state index contributed by atoms with van der Waals surface area (Å²) in [4.78, 5) is 0.829. The Hall–Kier alpha value is -2.42. The van der Waals surface area contributed by atoms with Gasteiger partial charge >= 0.3 is 0 Å². The summed E-state index contributed by atoms with van der Waals surface area (Å²) in [6, 6.07) is 17.9. The topological polar surface area (TPSA) is 160 Å². The van der Waals surface area contributed by atoms with Gasteiger partial charge in [-0.3, -0.25) is 0 Å². The first-order chi connectivity index (χ1) is 37.7. The molecular formula is C68H100O10S2. The van der Waals surface area contributed by atoms with Gasteiger partial charge < -0.3 is 29.5 Å². The number of fused-ring (bicyclic) bond motifs is 10. The highest BCUT2D eigenvalue weighted by Crippen LogP contribution is 2.70. The number of hydrogen-bond donors (Lipinski definition) is 3. The standard InChI is InChI=1S/C34H50O5S.C29H42O3S.C5H8O2/c1-23(30(21-34(36)18-19-39-22-34)40(37,38)25-8-6-5-7-9-25)27-12-13-28-26-11-10-24-20-31(2,35)16-17-32(24,3)29(26)14-15-33(27,28)4;1-20(19-33(31,32)22-8-6-5-7-9-22)24-12-13-25-23-11-10-21-18-27(2,30)16-17-28(21,3)26(23)14-15-29(24,25)4;1-2-6-3-5(1)4-7-5/h5-10,23,26-30,35-36H,11-22H2,1-4H3;5-10,20,23-26,30H,11-19H2,1-4H3;1-4H2/t23-,26-,27+,28-,29-,30?,31-,32-,33+,34?;20-,23+,24-,25+,26+,27+,28+,29-;/m01./s1. The zero-order valence-corrected chi connectivity index (χ0v) is 51.6. The normalized spacial score (nSPS) is 44.6. The lowest BCUT2D eigenvalue weighted by molar-refractivity contribution is -0.0714. The van der Waals surface area contributed by atoms with Crippen LogP contribution >= 0.6 is 0 Å². The van der Waals surface area contributed by atoms with E-state index in [1.807, 2.05) is 38.1 Å². The van der Waals surface area contributed by atoms with Crippen LogP contribution in [0.15, 0.2) is 93.8 Å². The maximum atomic E-state index is 14.2. The van der Waals surface area contributed by atoms with E-state index in [1.54, 1.807) is 36.4 Å². The summed E-state index contributed by atoms with van der Waals surface area (Å²) < 4.78 is 70.5. The predicted octanol–water partition coefficient (Wildman–Crippen LogP) is 12.9. The summed E-state index contributed by atoms with van der Waals surface area (Å²) in [5.41, 5.74) is 1.78. The number of allylic oxidation sites excluding steroid dienone is 2. The van der Waals surface area contributed by atoms with Gasteiger partial charge in [-0.2, -0.15) is 0 Å². The van der Waals surface area contributed by atoms with Gasteiger partial charge in [-0.25, -0.2) is 16.8 Å². The Balaban J connectivity index is 0.000000152. The highest BCUT2D eigenvalue weighted by atomic mass is 32.2. The van der Waals surface area contributed by atoms with Crippen molar-refractivity contribution in [3.8, 4) is 0 Å². The molecule has 0 bridgehead atoms. The van der Waals surface area contributed by atoms with E-state index in [0.717, 1.165) is 103 Å². The fraction of sp³-hybridized carbons (Fsp3) is 0.765. The molecule has 3 aliphatic heterocycles. The van der Waals surface area contributed by atoms with Crippen molar-refractivity contribution in [3.05, 3.63) is 84.0 Å². The Bertz CT molecular complexity index is 2830. The molecule has 444 valence electrons. The van der Waals surface area contributed by atoms with Crippen molar-refractivity contribution in [2.45, 2.75) is 215 Å².